The molecule has 1 unspecified atom stereocenters. The number of aliphatic hydroxyl groups is 1. The summed E-state index contributed by atoms with van der Waals surface area (Å²) < 4.78 is 5.41. The number of carboxylic acid groups (broad SMARTS) is 1. The van der Waals surface area contributed by atoms with Gasteiger partial charge in [0.2, 0.25) is 0 Å². The maximum absolute atomic E-state index is 13.2. The van der Waals surface area contributed by atoms with Gasteiger partial charge in [0.15, 0.2) is 6.19 Å². The zero-order valence-corrected chi connectivity index (χ0v) is 23.4. The van der Waals surface area contributed by atoms with Crippen LogP contribution in [0.15, 0.2) is 41.0 Å². The standard InChI is InChI=1S/C27H28Cl2N6O6/c1-14(12-36)33-27(32-13-30)31-10-20(26(39)40)34-24(37)22-19(28)8-17-11-35(6-4-18(17)23(22)29)25(38)16-3-2-15-5-7-41-21(15)9-16/h2-3,5,7-9,14,20,27,31-33,36H,4,6,10-12H2,1H3,(H,34,37)(H,39,40)/t14-,20-,27?/m0/s1. The molecule has 12 nitrogen and oxygen atoms in total. The number of carbonyl (C=O) groups is 3. The zero-order chi connectivity index (χ0) is 29.7. The lowest BCUT2D eigenvalue weighted by molar-refractivity contribution is -0.139. The fourth-order valence-electron chi connectivity index (χ4n) is 4.52. The van der Waals surface area contributed by atoms with E-state index in [9.17, 15) is 24.6 Å². The third kappa shape index (κ3) is 6.90. The highest BCUT2D eigenvalue weighted by atomic mass is 35.5. The van der Waals surface area contributed by atoms with Crippen molar-refractivity contribution in [2.24, 2.45) is 0 Å². The number of aliphatic carboxylic acids is 1. The van der Waals surface area contributed by atoms with E-state index in [0.717, 1.165) is 5.39 Å². The Labute approximate surface area is 245 Å². The van der Waals surface area contributed by atoms with Crippen LogP contribution in [0.2, 0.25) is 10.0 Å². The molecule has 1 aliphatic rings. The van der Waals surface area contributed by atoms with Crippen LogP contribution in [-0.2, 0) is 17.8 Å². The largest absolute Gasteiger partial charge is 0.480 e. The van der Waals surface area contributed by atoms with E-state index in [-0.39, 0.29) is 41.2 Å². The van der Waals surface area contributed by atoms with Crippen LogP contribution in [0.3, 0.4) is 0 Å². The van der Waals surface area contributed by atoms with Crippen LogP contribution >= 0.6 is 23.2 Å². The molecule has 2 heterocycles. The van der Waals surface area contributed by atoms with Gasteiger partial charge in [-0.05, 0) is 48.7 Å². The molecule has 3 atom stereocenters. The minimum Gasteiger partial charge on any atom is -0.480 e. The van der Waals surface area contributed by atoms with Gasteiger partial charge in [0.05, 0.1) is 28.5 Å². The minimum atomic E-state index is -1.40. The Morgan fingerprint density at radius 1 is 1.22 bits per heavy atom. The quantitative estimate of drug-likeness (QED) is 0.108. The first kappa shape index (κ1) is 30.1. The first-order chi connectivity index (χ1) is 19.6. The number of nitrogens with one attached hydrogen (secondary N) is 4. The topological polar surface area (TPSA) is 180 Å². The molecule has 14 heteroatoms. The average molecular weight is 603 g/mol. The molecule has 216 valence electrons. The zero-order valence-electron chi connectivity index (χ0n) is 21.9. The monoisotopic (exact) mass is 602 g/mol. The Morgan fingerprint density at radius 3 is 2.71 bits per heavy atom. The summed E-state index contributed by atoms with van der Waals surface area (Å²) in [5.74, 6) is -2.31. The smallest absolute Gasteiger partial charge is 0.327 e. The van der Waals surface area contributed by atoms with E-state index >= 15 is 0 Å². The third-order valence-corrected chi connectivity index (χ3v) is 7.40. The van der Waals surface area contributed by atoms with E-state index in [4.69, 9.17) is 32.9 Å². The highest BCUT2D eigenvalue weighted by Gasteiger charge is 2.30. The second kappa shape index (κ2) is 13.2. The van der Waals surface area contributed by atoms with Crippen molar-refractivity contribution < 1.29 is 29.0 Å². The first-order valence-corrected chi connectivity index (χ1v) is 13.4. The number of carboxylic acids is 1. The van der Waals surface area contributed by atoms with Crippen molar-refractivity contribution in [3.8, 4) is 6.19 Å². The van der Waals surface area contributed by atoms with Gasteiger partial charge >= 0.3 is 5.97 Å². The number of nitrogens with zero attached hydrogens (tertiary/aromatic N) is 2. The SMILES string of the molecule is C[C@@H](CO)NC(NC#N)NC[C@H](NC(=O)c1c(Cl)cc2c(c1Cl)CCN(C(=O)c1ccc3ccoc3c1)C2)C(=O)O. The molecule has 41 heavy (non-hydrogen) atoms. The van der Waals surface area contributed by atoms with Gasteiger partial charge in [-0.3, -0.25) is 25.5 Å². The summed E-state index contributed by atoms with van der Waals surface area (Å²) >= 11 is 13.1. The lowest BCUT2D eigenvalue weighted by Crippen LogP contribution is -2.58. The lowest BCUT2D eigenvalue weighted by atomic mass is 9.96. The molecule has 0 fully saturated rings. The molecular weight excluding hydrogens is 575 g/mol. The van der Waals surface area contributed by atoms with Crippen LogP contribution in [0.5, 0.6) is 0 Å². The molecule has 1 aliphatic heterocycles. The van der Waals surface area contributed by atoms with E-state index in [0.29, 0.717) is 35.2 Å². The number of rotatable bonds is 11. The number of nitriles is 1. The van der Waals surface area contributed by atoms with Crippen molar-refractivity contribution in [1.29, 1.82) is 5.26 Å². The molecule has 0 radical (unpaired) electrons. The van der Waals surface area contributed by atoms with Crippen molar-refractivity contribution in [2.45, 2.75) is 38.3 Å². The van der Waals surface area contributed by atoms with Crippen molar-refractivity contribution in [3.05, 3.63) is 68.9 Å². The van der Waals surface area contributed by atoms with Crippen molar-refractivity contribution in [2.75, 3.05) is 19.7 Å². The normalized spacial score (nSPS) is 15.0. The lowest BCUT2D eigenvalue weighted by Gasteiger charge is -2.30. The maximum atomic E-state index is 13.2. The number of hydrogen-bond donors (Lipinski definition) is 6. The number of benzene rings is 2. The minimum absolute atomic E-state index is 0.0112. The van der Waals surface area contributed by atoms with E-state index in [1.54, 1.807) is 42.5 Å². The average Bonchev–Trinajstić information content (AvgIpc) is 3.42. The van der Waals surface area contributed by atoms with Crippen LogP contribution in [0.25, 0.3) is 11.0 Å². The Balaban J connectivity index is 1.47. The Bertz CT molecular complexity index is 1510. The van der Waals surface area contributed by atoms with Gasteiger partial charge in [-0.25, -0.2) is 4.79 Å². The molecule has 0 saturated carbocycles. The predicted octanol–water partition coefficient (Wildman–Crippen LogP) is 2.04. The number of fused-ring (bicyclic) bond motifs is 2. The van der Waals surface area contributed by atoms with Gasteiger partial charge < -0.3 is 24.8 Å². The first-order valence-electron chi connectivity index (χ1n) is 12.7. The molecule has 0 aliphatic carbocycles. The molecule has 1 aromatic heterocycles. The van der Waals surface area contributed by atoms with Gasteiger partial charge in [0, 0.05) is 36.6 Å². The van der Waals surface area contributed by atoms with Crippen LogP contribution < -0.4 is 21.3 Å². The fourth-order valence-corrected chi connectivity index (χ4v) is 5.29. The third-order valence-electron chi connectivity index (χ3n) is 6.69. The summed E-state index contributed by atoms with van der Waals surface area (Å²) in [6.45, 7) is 1.75. The summed E-state index contributed by atoms with van der Waals surface area (Å²) in [7, 11) is 0. The Hall–Kier alpha value is -3.86. The van der Waals surface area contributed by atoms with E-state index in [1.165, 1.54) is 0 Å². The fraction of sp³-hybridized carbons (Fsp3) is 0.333. The number of carbonyl (C=O) groups excluding carboxylic acids is 2. The maximum Gasteiger partial charge on any atom is 0.327 e. The second-order valence-corrected chi connectivity index (χ2v) is 10.3. The van der Waals surface area contributed by atoms with E-state index < -0.39 is 30.2 Å². The van der Waals surface area contributed by atoms with Gasteiger partial charge in [0.25, 0.3) is 11.8 Å². The Kier molecular flexibility index (Phi) is 9.69. The molecule has 0 spiro atoms. The summed E-state index contributed by atoms with van der Waals surface area (Å²) in [6, 6.07) is 6.81. The molecular formula is C27H28Cl2N6O6. The number of halogens is 2. The molecule has 0 bridgehead atoms. The highest BCUT2D eigenvalue weighted by molar-refractivity contribution is 6.40. The van der Waals surface area contributed by atoms with Crippen molar-refractivity contribution in [1.82, 2.24) is 26.2 Å². The predicted molar refractivity (Wildman–Crippen MR) is 150 cm³/mol. The number of amides is 2. The molecule has 4 rings (SSSR count). The van der Waals surface area contributed by atoms with Gasteiger partial charge in [-0.15, -0.1) is 0 Å². The van der Waals surface area contributed by atoms with Crippen LogP contribution in [-0.4, -0.2) is 71.0 Å². The number of hydrogen-bond acceptors (Lipinski definition) is 9. The summed E-state index contributed by atoms with van der Waals surface area (Å²) in [5.41, 5.74) is 2.35. The van der Waals surface area contributed by atoms with Gasteiger partial charge in [-0.1, -0.05) is 29.3 Å². The van der Waals surface area contributed by atoms with Crippen LogP contribution in [0.4, 0.5) is 0 Å². The molecule has 3 aromatic rings. The number of aliphatic hydroxyl groups excluding tert-OH is 1. The molecule has 2 aromatic carbocycles. The Morgan fingerprint density at radius 2 is 2.00 bits per heavy atom. The van der Waals surface area contributed by atoms with Crippen LogP contribution in [0.1, 0.15) is 38.8 Å². The summed E-state index contributed by atoms with van der Waals surface area (Å²) in [6.07, 6.45) is 2.79. The summed E-state index contributed by atoms with van der Waals surface area (Å²) in [5, 5.41) is 39.3. The number of furan rings is 1. The highest BCUT2D eigenvalue weighted by Crippen LogP contribution is 2.35. The molecule has 6 N–H and O–H groups in total. The van der Waals surface area contributed by atoms with E-state index in [2.05, 4.69) is 21.3 Å². The van der Waals surface area contributed by atoms with Crippen molar-refractivity contribution in [3.63, 3.8) is 0 Å². The van der Waals surface area contributed by atoms with Crippen molar-refractivity contribution >= 4 is 52.0 Å². The molecule has 0 saturated heterocycles. The summed E-state index contributed by atoms with van der Waals surface area (Å²) in [4.78, 5) is 39.9. The molecule has 2 amide bonds. The second-order valence-electron chi connectivity index (χ2n) is 9.55. The van der Waals surface area contributed by atoms with E-state index in [1.807, 2.05) is 12.1 Å². The van der Waals surface area contributed by atoms with Gasteiger partial charge in [-0.2, -0.15) is 5.26 Å². The van der Waals surface area contributed by atoms with Gasteiger partial charge in [0.1, 0.15) is 17.9 Å². The van der Waals surface area contributed by atoms with Crippen LogP contribution in [0, 0.1) is 11.5 Å².